The second-order valence-corrected chi connectivity index (χ2v) is 4.94. The first-order chi connectivity index (χ1) is 9.63. The lowest BCUT2D eigenvalue weighted by atomic mass is 10.1. The van der Waals surface area contributed by atoms with Crippen LogP contribution in [0.25, 0.3) is 0 Å². The Morgan fingerprint density at radius 2 is 2.15 bits per heavy atom. The van der Waals surface area contributed by atoms with Gasteiger partial charge in [-0.15, -0.1) is 0 Å². The molecule has 5 nitrogen and oxygen atoms in total. The molecule has 0 bridgehead atoms. The van der Waals surface area contributed by atoms with E-state index in [2.05, 4.69) is 10.4 Å². The molecule has 0 radical (unpaired) electrons. The molecule has 1 amide bonds. The third-order valence-corrected chi connectivity index (χ3v) is 3.05. The molecule has 1 aromatic carbocycles. The monoisotopic (exact) mass is 272 g/mol. The molecule has 3 N–H and O–H groups in total. The van der Waals surface area contributed by atoms with Crippen LogP contribution in [0.4, 0.5) is 5.69 Å². The van der Waals surface area contributed by atoms with Gasteiger partial charge in [0.15, 0.2) is 0 Å². The highest BCUT2D eigenvalue weighted by Gasteiger charge is 2.08. The van der Waals surface area contributed by atoms with Gasteiger partial charge in [0.05, 0.1) is 6.54 Å². The molecule has 0 aliphatic carbocycles. The smallest absolute Gasteiger partial charge is 0.220 e. The lowest BCUT2D eigenvalue weighted by molar-refractivity contribution is -0.121. The van der Waals surface area contributed by atoms with Gasteiger partial charge in [-0.25, -0.2) is 0 Å². The number of rotatable bonds is 6. The van der Waals surface area contributed by atoms with Crippen molar-refractivity contribution in [2.75, 3.05) is 5.73 Å². The van der Waals surface area contributed by atoms with E-state index in [0.29, 0.717) is 13.0 Å². The van der Waals surface area contributed by atoms with Gasteiger partial charge >= 0.3 is 0 Å². The summed E-state index contributed by atoms with van der Waals surface area (Å²) in [4.78, 5) is 11.9. The number of aryl methyl sites for hydroxylation is 1. The molecule has 0 saturated carbocycles. The molecule has 0 fully saturated rings. The number of nitrogens with zero attached hydrogens (tertiary/aromatic N) is 2. The molecular formula is C15H20N4O. The van der Waals surface area contributed by atoms with Gasteiger partial charge in [0.2, 0.25) is 5.91 Å². The van der Waals surface area contributed by atoms with E-state index in [1.807, 2.05) is 48.1 Å². The van der Waals surface area contributed by atoms with Crippen molar-refractivity contribution in [3.63, 3.8) is 0 Å². The topological polar surface area (TPSA) is 72.9 Å². The Balaban J connectivity index is 1.73. The van der Waals surface area contributed by atoms with Gasteiger partial charge < -0.3 is 11.1 Å². The summed E-state index contributed by atoms with van der Waals surface area (Å²) < 4.78 is 1.81. The quantitative estimate of drug-likeness (QED) is 0.785. The summed E-state index contributed by atoms with van der Waals surface area (Å²) in [5.41, 5.74) is 7.49. The molecule has 0 saturated heterocycles. The Bertz CT molecular complexity index is 534. The maximum atomic E-state index is 11.9. The van der Waals surface area contributed by atoms with Crippen molar-refractivity contribution in [1.82, 2.24) is 15.1 Å². The second-order valence-electron chi connectivity index (χ2n) is 4.94. The molecule has 106 valence electrons. The molecule has 2 rings (SSSR count). The fourth-order valence-electron chi connectivity index (χ4n) is 2.02. The zero-order valence-electron chi connectivity index (χ0n) is 11.6. The Hall–Kier alpha value is -2.30. The Morgan fingerprint density at radius 1 is 1.40 bits per heavy atom. The van der Waals surface area contributed by atoms with E-state index in [9.17, 15) is 4.79 Å². The first-order valence-corrected chi connectivity index (χ1v) is 6.74. The van der Waals surface area contributed by atoms with Crippen LogP contribution >= 0.6 is 0 Å². The van der Waals surface area contributed by atoms with Crippen LogP contribution in [0.2, 0.25) is 0 Å². The molecule has 2 aromatic rings. The SMILES string of the molecule is CC(Cn1cccn1)NC(=O)CCc1ccc(N)cc1. The number of aromatic nitrogens is 2. The molecule has 5 heteroatoms. The fourth-order valence-corrected chi connectivity index (χ4v) is 2.02. The van der Waals surface area contributed by atoms with Gasteiger partial charge in [0.1, 0.15) is 0 Å². The normalized spacial score (nSPS) is 12.1. The first-order valence-electron chi connectivity index (χ1n) is 6.74. The van der Waals surface area contributed by atoms with Gasteiger partial charge in [-0.3, -0.25) is 9.48 Å². The van der Waals surface area contributed by atoms with Crippen LogP contribution in [-0.4, -0.2) is 21.7 Å². The van der Waals surface area contributed by atoms with Gasteiger partial charge in [-0.1, -0.05) is 12.1 Å². The molecule has 1 heterocycles. The molecule has 0 spiro atoms. The number of hydrogen-bond donors (Lipinski definition) is 2. The van der Waals surface area contributed by atoms with Crippen molar-refractivity contribution < 1.29 is 4.79 Å². The van der Waals surface area contributed by atoms with Crippen molar-refractivity contribution in [2.45, 2.75) is 32.4 Å². The van der Waals surface area contributed by atoms with E-state index in [0.717, 1.165) is 17.7 Å². The van der Waals surface area contributed by atoms with Crippen molar-refractivity contribution in [3.05, 3.63) is 48.3 Å². The summed E-state index contributed by atoms with van der Waals surface area (Å²) >= 11 is 0. The van der Waals surface area contributed by atoms with Crippen LogP contribution in [0.5, 0.6) is 0 Å². The standard InChI is InChI=1S/C15H20N4O/c1-12(11-19-10-2-9-17-19)18-15(20)8-5-13-3-6-14(16)7-4-13/h2-4,6-7,9-10,12H,5,8,11,16H2,1H3,(H,18,20). The zero-order chi connectivity index (χ0) is 14.4. The number of amides is 1. The number of nitrogens with two attached hydrogens (primary N) is 1. The minimum atomic E-state index is 0.0569. The summed E-state index contributed by atoms with van der Waals surface area (Å²) in [6, 6.07) is 9.55. The number of benzene rings is 1. The number of anilines is 1. The molecular weight excluding hydrogens is 252 g/mol. The van der Waals surface area contributed by atoms with Crippen molar-refractivity contribution in [3.8, 4) is 0 Å². The Morgan fingerprint density at radius 3 is 2.80 bits per heavy atom. The summed E-state index contributed by atoms with van der Waals surface area (Å²) in [7, 11) is 0. The number of hydrogen-bond acceptors (Lipinski definition) is 3. The largest absolute Gasteiger partial charge is 0.399 e. The zero-order valence-corrected chi connectivity index (χ0v) is 11.6. The molecule has 1 aromatic heterocycles. The summed E-state index contributed by atoms with van der Waals surface area (Å²) in [5, 5.41) is 7.09. The lowest BCUT2D eigenvalue weighted by Gasteiger charge is -2.14. The highest BCUT2D eigenvalue weighted by atomic mass is 16.1. The minimum Gasteiger partial charge on any atom is -0.399 e. The maximum absolute atomic E-state index is 11.9. The third kappa shape index (κ3) is 4.42. The van der Waals surface area contributed by atoms with Crippen molar-refractivity contribution in [2.24, 2.45) is 0 Å². The van der Waals surface area contributed by atoms with Crippen LogP contribution in [0.1, 0.15) is 18.9 Å². The number of carbonyl (C=O) groups is 1. The molecule has 1 unspecified atom stereocenters. The summed E-state index contributed by atoms with van der Waals surface area (Å²) in [5.74, 6) is 0.0569. The summed E-state index contributed by atoms with van der Waals surface area (Å²) in [6.45, 7) is 2.66. The van der Waals surface area contributed by atoms with Gasteiger partial charge in [0.25, 0.3) is 0 Å². The Labute approximate surface area is 118 Å². The number of nitrogens with one attached hydrogen (secondary N) is 1. The molecule has 0 aliphatic heterocycles. The average molecular weight is 272 g/mol. The fraction of sp³-hybridized carbons (Fsp3) is 0.333. The van der Waals surface area contributed by atoms with Crippen LogP contribution < -0.4 is 11.1 Å². The van der Waals surface area contributed by atoms with E-state index in [4.69, 9.17) is 5.73 Å². The van der Waals surface area contributed by atoms with E-state index >= 15 is 0 Å². The third-order valence-electron chi connectivity index (χ3n) is 3.05. The number of carbonyl (C=O) groups excluding carboxylic acids is 1. The van der Waals surface area contributed by atoms with E-state index in [1.165, 1.54) is 0 Å². The number of nitrogen functional groups attached to an aromatic ring is 1. The highest BCUT2D eigenvalue weighted by Crippen LogP contribution is 2.07. The van der Waals surface area contributed by atoms with Crippen molar-refractivity contribution in [1.29, 1.82) is 0 Å². The van der Waals surface area contributed by atoms with Crippen LogP contribution in [0.3, 0.4) is 0 Å². The molecule has 0 aliphatic rings. The van der Waals surface area contributed by atoms with E-state index < -0.39 is 0 Å². The van der Waals surface area contributed by atoms with Crippen LogP contribution in [0, 0.1) is 0 Å². The van der Waals surface area contributed by atoms with Gasteiger partial charge in [-0.2, -0.15) is 5.10 Å². The lowest BCUT2D eigenvalue weighted by Crippen LogP contribution is -2.35. The highest BCUT2D eigenvalue weighted by molar-refractivity contribution is 5.76. The van der Waals surface area contributed by atoms with Crippen LogP contribution in [0.15, 0.2) is 42.7 Å². The van der Waals surface area contributed by atoms with E-state index in [1.54, 1.807) is 6.20 Å². The average Bonchev–Trinajstić information content (AvgIpc) is 2.90. The predicted octanol–water partition coefficient (Wildman–Crippen LogP) is 1.60. The van der Waals surface area contributed by atoms with Gasteiger partial charge in [-0.05, 0) is 37.1 Å². The molecule has 20 heavy (non-hydrogen) atoms. The molecule has 1 atom stereocenters. The first kappa shape index (κ1) is 14.1. The van der Waals surface area contributed by atoms with E-state index in [-0.39, 0.29) is 11.9 Å². The minimum absolute atomic E-state index is 0.0569. The predicted molar refractivity (Wildman–Crippen MR) is 79.0 cm³/mol. The second kappa shape index (κ2) is 6.75. The summed E-state index contributed by atoms with van der Waals surface area (Å²) in [6.07, 6.45) is 4.82. The Kier molecular flexibility index (Phi) is 4.76. The van der Waals surface area contributed by atoms with Gasteiger partial charge in [0, 0.05) is 30.5 Å². The van der Waals surface area contributed by atoms with Crippen molar-refractivity contribution >= 4 is 11.6 Å². The van der Waals surface area contributed by atoms with Crippen LogP contribution in [-0.2, 0) is 17.8 Å². The maximum Gasteiger partial charge on any atom is 0.220 e.